The minimum Gasteiger partial charge on any atom is -1.00 e. The zero-order valence-electron chi connectivity index (χ0n) is 18.6. The first-order valence-electron chi connectivity index (χ1n) is 9.50. The van der Waals surface area contributed by atoms with E-state index in [2.05, 4.69) is 15.5 Å². The van der Waals surface area contributed by atoms with Crippen LogP contribution in [-0.4, -0.2) is 18.9 Å². The first-order valence-corrected chi connectivity index (χ1v) is 10.9. The minimum absolute atomic E-state index is 0. The Morgan fingerprint density at radius 3 is 2.12 bits per heavy atom. The van der Waals surface area contributed by atoms with Crippen molar-refractivity contribution in [3.8, 4) is 0 Å². The smallest absolute Gasteiger partial charge is 1.00 e. The summed E-state index contributed by atoms with van der Waals surface area (Å²) in [7, 11) is -4.49. The van der Waals surface area contributed by atoms with E-state index in [-0.39, 0.29) is 53.2 Å². The number of fused-ring (bicyclic) bond motifs is 1. The van der Waals surface area contributed by atoms with Crippen molar-refractivity contribution in [2.45, 2.75) is 4.90 Å². The summed E-state index contributed by atoms with van der Waals surface area (Å²) in [5.74, 6) is -0.267. The molecular formula is C23H19N4NaO4S. The third-order valence-corrected chi connectivity index (χ3v) is 5.63. The van der Waals surface area contributed by atoms with Crippen molar-refractivity contribution in [3.63, 3.8) is 0 Å². The Bertz CT molecular complexity index is 1450. The van der Waals surface area contributed by atoms with Crippen LogP contribution in [0.1, 0.15) is 11.8 Å². The van der Waals surface area contributed by atoms with Gasteiger partial charge in [-0.05, 0) is 42.5 Å². The number of nitrogens with two attached hydrogens (primary N) is 1. The normalized spacial score (nSPS) is 11.3. The molecule has 4 aromatic rings. The van der Waals surface area contributed by atoms with Crippen LogP contribution in [0.4, 0.5) is 22.7 Å². The maximum Gasteiger partial charge on any atom is 1.00 e. The number of nitrogens with one attached hydrogen (secondary N) is 1. The number of benzene rings is 4. The van der Waals surface area contributed by atoms with Crippen molar-refractivity contribution in [2.24, 2.45) is 10.2 Å². The minimum atomic E-state index is -4.49. The molecule has 0 fully saturated rings. The fraction of sp³-hybridized carbons (Fsp3) is 0. The number of hydrogen-bond donors (Lipinski definition) is 3. The van der Waals surface area contributed by atoms with Crippen molar-refractivity contribution in [1.29, 1.82) is 0 Å². The predicted molar refractivity (Wildman–Crippen MR) is 124 cm³/mol. The molecular weight excluding hydrogens is 451 g/mol. The summed E-state index contributed by atoms with van der Waals surface area (Å²) in [5.41, 5.74) is 8.03. The van der Waals surface area contributed by atoms with E-state index in [4.69, 9.17) is 5.73 Å². The van der Waals surface area contributed by atoms with Gasteiger partial charge in [0.15, 0.2) is 0 Å². The summed E-state index contributed by atoms with van der Waals surface area (Å²) < 4.78 is 33.2. The molecule has 8 nitrogen and oxygen atoms in total. The molecule has 0 aliphatic carbocycles. The Kier molecular flexibility index (Phi) is 7.62. The third-order valence-electron chi connectivity index (χ3n) is 4.74. The number of hydrogen-bond acceptors (Lipinski definition) is 6. The third kappa shape index (κ3) is 5.65. The molecule has 10 heteroatoms. The summed E-state index contributed by atoms with van der Waals surface area (Å²) in [6.07, 6.45) is 0. The number of carbonyl (C=O) groups is 1. The molecule has 0 heterocycles. The molecule has 4 aromatic carbocycles. The van der Waals surface area contributed by atoms with Gasteiger partial charge in [-0.25, -0.2) is 0 Å². The Labute approximate surface area is 214 Å². The largest absolute Gasteiger partial charge is 1.00 e. The van der Waals surface area contributed by atoms with Crippen molar-refractivity contribution < 1.29 is 48.7 Å². The fourth-order valence-corrected chi connectivity index (χ4v) is 3.88. The van der Waals surface area contributed by atoms with Crippen molar-refractivity contribution >= 4 is 49.5 Å². The Morgan fingerprint density at radius 2 is 1.48 bits per heavy atom. The van der Waals surface area contributed by atoms with Gasteiger partial charge in [0.2, 0.25) is 0 Å². The van der Waals surface area contributed by atoms with Crippen LogP contribution >= 0.6 is 0 Å². The first kappa shape index (κ1) is 24.6. The SMILES string of the molecule is Nc1c(N=Nc2ccc(C(=O)Nc3ccccc3)cc2)cc(S(=O)(=O)O)c2ccccc12.[H-].[Na+]. The van der Waals surface area contributed by atoms with Gasteiger partial charge >= 0.3 is 29.6 Å². The molecule has 0 saturated carbocycles. The monoisotopic (exact) mass is 470 g/mol. The van der Waals surface area contributed by atoms with Crippen molar-refractivity contribution in [1.82, 2.24) is 0 Å². The summed E-state index contributed by atoms with van der Waals surface area (Å²) in [4.78, 5) is 12.0. The molecule has 0 aromatic heterocycles. The quantitative estimate of drug-likeness (QED) is 0.178. The second kappa shape index (κ2) is 10.2. The van der Waals surface area contributed by atoms with Gasteiger partial charge in [-0.15, -0.1) is 5.11 Å². The van der Waals surface area contributed by atoms with Gasteiger partial charge in [0, 0.05) is 22.0 Å². The maximum atomic E-state index is 12.3. The number of nitrogen functional groups attached to an aromatic ring is 1. The van der Waals surface area contributed by atoms with Crippen LogP contribution in [0.25, 0.3) is 10.8 Å². The molecule has 4 rings (SSSR count). The van der Waals surface area contributed by atoms with E-state index < -0.39 is 10.1 Å². The van der Waals surface area contributed by atoms with Crippen LogP contribution in [0.2, 0.25) is 0 Å². The molecule has 0 bridgehead atoms. The van der Waals surface area contributed by atoms with Gasteiger partial charge in [0.05, 0.1) is 11.4 Å². The van der Waals surface area contributed by atoms with Gasteiger partial charge in [0.1, 0.15) is 10.6 Å². The first-order chi connectivity index (χ1) is 15.3. The van der Waals surface area contributed by atoms with Crippen LogP contribution in [-0.2, 0) is 10.1 Å². The molecule has 0 atom stereocenters. The van der Waals surface area contributed by atoms with Crippen LogP contribution in [0.15, 0.2) is 100 Å². The molecule has 0 unspecified atom stereocenters. The zero-order valence-corrected chi connectivity index (χ0v) is 20.5. The van der Waals surface area contributed by atoms with Gasteiger partial charge in [-0.2, -0.15) is 13.5 Å². The average molecular weight is 470 g/mol. The van der Waals surface area contributed by atoms with E-state index in [1.165, 1.54) is 6.07 Å². The molecule has 0 aliphatic heterocycles. The predicted octanol–water partition coefficient (Wildman–Crippen LogP) is 2.45. The second-order valence-corrected chi connectivity index (χ2v) is 8.29. The summed E-state index contributed by atoms with van der Waals surface area (Å²) in [5, 5.41) is 11.7. The van der Waals surface area contributed by atoms with Crippen LogP contribution in [0.3, 0.4) is 0 Å². The van der Waals surface area contributed by atoms with E-state index in [1.54, 1.807) is 60.7 Å². The number of carbonyl (C=O) groups excluding carboxylic acids is 1. The summed E-state index contributed by atoms with van der Waals surface area (Å²) in [6, 6.07) is 23.2. The molecule has 33 heavy (non-hydrogen) atoms. The maximum absolute atomic E-state index is 12.3. The number of anilines is 2. The Morgan fingerprint density at radius 1 is 0.879 bits per heavy atom. The summed E-state index contributed by atoms with van der Waals surface area (Å²) >= 11 is 0. The van der Waals surface area contributed by atoms with E-state index in [1.807, 2.05) is 18.2 Å². The molecule has 0 aliphatic rings. The number of para-hydroxylation sites is 1. The number of nitrogens with zero attached hydrogens (tertiary/aromatic N) is 2. The topological polar surface area (TPSA) is 134 Å². The van der Waals surface area contributed by atoms with E-state index in [0.717, 1.165) is 0 Å². The van der Waals surface area contributed by atoms with Crippen molar-refractivity contribution in [3.05, 3.63) is 90.5 Å². The van der Waals surface area contributed by atoms with Gasteiger partial charge in [-0.3, -0.25) is 9.35 Å². The van der Waals surface area contributed by atoms with E-state index in [9.17, 15) is 17.8 Å². The molecule has 0 radical (unpaired) electrons. The van der Waals surface area contributed by atoms with Gasteiger partial charge < -0.3 is 12.5 Å². The number of rotatable bonds is 5. The molecule has 0 saturated heterocycles. The molecule has 1 amide bonds. The van der Waals surface area contributed by atoms with E-state index >= 15 is 0 Å². The van der Waals surface area contributed by atoms with Crippen LogP contribution in [0, 0.1) is 0 Å². The fourth-order valence-electron chi connectivity index (χ4n) is 3.16. The van der Waals surface area contributed by atoms with Gasteiger partial charge in [-0.1, -0.05) is 42.5 Å². The summed E-state index contributed by atoms with van der Waals surface area (Å²) in [6.45, 7) is 0. The van der Waals surface area contributed by atoms with Crippen LogP contribution < -0.4 is 40.6 Å². The molecule has 162 valence electrons. The zero-order chi connectivity index (χ0) is 22.7. The van der Waals surface area contributed by atoms with Crippen LogP contribution in [0.5, 0.6) is 0 Å². The Balaban J connectivity index is 0.00000204. The average Bonchev–Trinajstić information content (AvgIpc) is 2.79. The number of azo groups is 1. The van der Waals surface area contributed by atoms with Crippen molar-refractivity contribution in [2.75, 3.05) is 11.1 Å². The molecule has 4 N–H and O–H groups in total. The van der Waals surface area contributed by atoms with E-state index in [0.29, 0.717) is 27.7 Å². The number of amides is 1. The molecule has 0 spiro atoms. The standard InChI is InChI=1S/C23H18N4O4S.Na.H/c24-22-19-9-5-4-8-18(19)21(32(29,30)31)14-20(22)27-26-17-12-10-15(11-13-17)23(28)25-16-6-2-1-3-7-16;;/h1-14H,24H2,(H,25,28)(H,29,30,31);;/q;+1;-1. The Hall–Kier alpha value is -3.08. The second-order valence-electron chi connectivity index (χ2n) is 6.90. The van der Waals surface area contributed by atoms with Gasteiger partial charge in [0.25, 0.3) is 16.0 Å².